The third-order valence-corrected chi connectivity index (χ3v) is 2.56. The average Bonchev–Trinajstić information content (AvgIpc) is 2.27. The fourth-order valence-corrected chi connectivity index (χ4v) is 1.73. The summed E-state index contributed by atoms with van der Waals surface area (Å²) in [5.74, 6) is 0. The Morgan fingerprint density at radius 1 is 1.44 bits per heavy atom. The van der Waals surface area contributed by atoms with Crippen LogP contribution >= 0.6 is 15.9 Å². The normalized spacial score (nSPS) is 10.1. The summed E-state index contributed by atoms with van der Waals surface area (Å²) in [5, 5.41) is 4.13. The van der Waals surface area contributed by atoms with Crippen molar-refractivity contribution < 1.29 is 4.42 Å². The molecule has 2 rings (SSSR count). The van der Waals surface area contributed by atoms with Crippen LogP contribution in [-0.4, -0.2) is 0 Å². The van der Waals surface area contributed by atoms with E-state index in [1.165, 1.54) is 0 Å². The molecule has 0 aliphatic rings. The van der Waals surface area contributed by atoms with Gasteiger partial charge in [0.25, 0.3) is 0 Å². The molecule has 2 aromatic rings. The Bertz CT molecular complexity index is 644. The maximum absolute atomic E-state index is 11.5. The van der Waals surface area contributed by atoms with E-state index in [-0.39, 0.29) is 6.54 Å². The molecule has 0 aliphatic carbocycles. The monoisotopic (exact) mass is 279 g/mol. The van der Waals surface area contributed by atoms with Crippen LogP contribution in [0.4, 0.5) is 0 Å². The van der Waals surface area contributed by atoms with Crippen molar-refractivity contribution in [2.24, 2.45) is 5.11 Å². The summed E-state index contributed by atoms with van der Waals surface area (Å²) in [7, 11) is 0. The molecule has 5 nitrogen and oxygen atoms in total. The molecule has 1 aromatic carbocycles. The number of rotatable bonds is 2. The largest absolute Gasteiger partial charge is 0.423 e. The van der Waals surface area contributed by atoms with E-state index in [4.69, 9.17) is 9.95 Å². The van der Waals surface area contributed by atoms with E-state index in [0.29, 0.717) is 11.1 Å². The number of azide groups is 1. The highest BCUT2D eigenvalue weighted by Gasteiger charge is 2.04. The van der Waals surface area contributed by atoms with Gasteiger partial charge < -0.3 is 4.42 Å². The van der Waals surface area contributed by atoms with Crippen LogP contribution < -0.4 is 5.63 Å². The van der Waals surface area contributed by atoms with E-state index < -0.39 is 5.63 Å². The van der Waals surface area contributed by atoms with Crippen LogP contribution in [0.3, 0.4) is 0 Å². The van der Waals surface area contributed by atoms with Crippen LogP contribution in [0.1, 0.15) is 5.56 Å². The second kappa shape index (κ2) is 4.38. The predicted octanol–water partition coefficient (Wildman–Crippen LogP) is 3.37. The van der Waals surface area contributed by atoms with Crippen molar-refractivity contribution in [1.82, 2.24) is 0 Å². The lowest BCUT2D eigenvalue weighted by molar-refractivity contribution is 0.550. The summed E-state index contributed by atoms with van der Waals surface area (Å²) >= 11 is 3.33. The Hall–Kier alpha value is -1.78. The van der Waals surface area contributed by atoms with E-state index in [9.17, 15) is 4.79 Å². The molecule has 0 amide bonds. The zero-order chi connectivity index (χ0) is 11.5. The highest BCUT2D eigenvalue weighted by Crippen LogP contribution is 2.19. The molecule has 0 saturated heterocycles. The molecule has 6 heteroatoms. The van der Waals surface area contributed by atoms with E-state index in [2.05, 4.69) is 26.0 Å². The van der Waals surface area contributed by atoms with Crippen LogP contribution in [-0.2, 0) is 6.54 Å². The van der Waals surface area contributed by atoms with Gasteiger partial charge in [-0.3, -0.25) is 0 Å². The molecule has 1 aromatic heterocycles. The predicted molar refractivity (Wildman–Crippen MR) is 63.0 cm³/mol. The Labute approximate surface area is 98.4 Å². The molecule has 0 N–H and O–H groups in total. The summed E-state index contributed by atoms with van der Waals surface area (Å²) < 4.78 is 5.98. The molecule has 0 saturated carbocycles. The lowest BCUT2D eigenvalue weighted by atomic mass is 10.2. The number of fused-ring (bicyclic) bond motifs is 1. The van der Waals surface area contributed by atoms with Gasteiger partial charge in [0.1, 0.15) is 5.58 Å². The van der Waals surface area contributed by atoms with Crippen molar-refractivity contribution in [3.05, 3.63) is 55.2 Å². The van der Waals surface area contributed by atoms with Gasteiger partial charge in [0.2, 0.25) is 0 Å². The minimum Gasteiger partial charge on any atom is -0.423 e. The van der Waals surface area contributed by atoms with Crippen molar-refractivity contribution in [3.63, 3.8) is 0 Å². The number of nitrogens with zero attached hydrogens (tertiary/aromatic N) is 3. The van der Waals surface area contributed by atoms with Gasteiger partial charge in [-0.1, -0.05) is 21.0 Å². The summed E-state index contributed by atoms with van der Waals surface area (Å²) in [6.07, 6.45) is 0. The summed E-state index contributed by atoms with van der Waals surface area (Å²) in [4.78, 5) is 14.1. The van der Waals surface area contributed by atoms with E-state index >= 15 is 0 Å². The van der Waals surface area contributed by atoms with Crippen molar-refractivity contribution in [2.45, 2.75) is 6.54 Å². The smallest absolute Gasteiger partial charge is 0.339 e. The van der Waals surface area contributed by atoms with Crippen LogP contribution in [0, 0.1) is 0 Å². The molecule has 0 unspecified atom stereocenters. The van der Waals surface area contributed by atoms with Crippen molar-refractivity contribution in [3.8, 4) is 0 Å². The highest BCUT2D eigenvalue weighted by molar-refractivity contribution is 9.10. The summed E-state index contributed by atoms with van der Waals surface area (Å²) in [6.45, 7) is 0.00128. The maximum Gasteiger partial charge on any atom is 0.339 e. The molecule has 80 valence electrons. The SMILES string of the molecule is [N-]=[N+]=NCc1cc2cc(Br)ccc2oc1=O. The second-order valence-corrected chi connectivity index (χ2v) is 4.05. The number of halogens is 1. The van der Waals surface area contributed by atoms with Gasteiger partial charge in [0.05, 0.1) is 6.54 Å². The van der Waals surface area contributed by atoms with Gasteiger partial charge in [-0.25, -0.2) is 4.79 Å². The average molecular weight is 280 g/mol. The number of benzene rings is 1. The first-order valence-electron chi connectivity index (χ1n) is 4.44. The van der Waals surface area contributed by atoms with Gasteiger partial charge in [-0.15, -0.1) is 0 Å². The molecule has 0 radical (unpaired) electrons. The lowest BCUT2D eigenvalue weighted by Gasteiger charge is -1.99. The Morgan fingerprint density at radius 3 is 3.00 bits per heavy atom. The molecular weight excluding hydrogens is 274 g/mol. The third kappa shape index (κ3) is 2.08. The third-order valence-electron chi connectivity index (χ3n) is 2.07. The minimum atomic E-state index is -0.470. The number of hydrogen-bond acceptors (Lipinski definition) is 3. The first-order chi connectivity index (χ1) is 7.70. The van der Waals surface area contributed by atoms with E-state index in [1.807, 2.05) is 6.07 Å². The molecular formula is C10H6BrN3O2. The Balaban J connectivity index is 2.63. The number of hydrogen-bond donors (Lipinski definition) is 0. The van der Waals surface area contributed by atoms with Gasteiger partial charge in [-0.05, 0) is 29.8 Å². The van der Waals surface area contributed by atoms with Gasteiger partial charge in [0, 0.05) is 20.3 Å². The van der Waals surface area contributed by atoms with Crippen molar-refractivity contribution in [2.75, 3.05) is 0 Å². The fraction of sp³-hybridized carbons (Fsp3) is 0.100. The molecule has 16 heavy (non-hydrogen) atoms. The van der Waals surface area contributed by atoms with Gasteiger partial charge >= 0.3 is 5.63 Å². The van der Waals surface area contributed by atoms with Crippen molar-refractivity contribution >= 4 is 26.9 Å². The van der Waals surface area contributed by atoms with Crippen LogP contribution in [0.15, 0.2) is 43.1 Å². The fourth-order valence-electron chi connectivity index (χ4n) is 1.36. The molecule has 1 heterocycles. The topological polar surface area (TPSA) is 79.0 Å². The zero-order valence-corrected chi connectivity index (χ0v) is 9.64. The molecule has 0 fully saturated rings. The highest BCUT2D eigenvalue weighted by atomic mass is 79.9. The van der Waals surface area contributed by atoms with Gasteiger partial charge in [-0.2, -0.15) is 0 Å². The first kappa shape index (κ1) is 10.7. The molecule has 0 atom stereocenters. The summed E-state index contributed by atoms with van der Waals surface area (Å²) in [6, 6.07) is 7.00. The molecule has 0 bridgehead atoms. The van der Waals surface area contributed by atoms with Crippen LogP contribution in [0.5, 0.6) is 0 Å². The van der Waals surface area contributed by atoms with E-state index in [1.54, 1.807) is 18.2 Å². The van der Waals surface area contributed by atoms with Crippen molar-refractivity contribution in [1.29, 1.82) is 0 Å². The van der Waals surface area contributed by atoms with Crippen LogP contribution in [0.2, 0.25) is 0 Å². The van der Waals surface area contributed by atoms with Gasteiger partial charge in [0.15, 0.2) is 0 Å². The van der Waals surface area contributed by atoms with Crippen LogP contribution in [0.25, 0.3) is 21.4 Å². The zero-order valence-electron chi connectivity index (χ0n) is 8.05. The second-order valence-electron chi connectivity index (χ2n) is 3.13. The Morgan fingerprint density at radius 2 is 2.25 bits per heavy atom. The molecule has 0 spiro atoms. The quantitative estimate of drug-likeness (QED) is 0.366. The minimum absolute atomic E-state index is 0.00128. The standard InChI is InChI=1S/C10H6BrN3O2/c11-8-1-2-9-6(4-8)3-7(5-13-14-12)10(15)16-9/h1-4H,5H2. The lowest BCUT2D eigenvalue weighted by Crippen LogP contribution is -2.05. The first-order valence-corrected chi connectivity index (χ1v) is 5.23. The Kier molecular flexibility index (Phi) is 2.94. The summed E-state index contributed by atoms with van der Waals surface area (Å²) in [5.41, 5.74) is 8.59. The van der Waals surface area contributed by atoms with E-state index in [0.717, 1.165) is 9.86 Å². The molecule has 0 aliphatic heterocycles. The maximum atomic E-state index is 11.5.